The molecule has 0 saturated heterocycles. The Morgan fingerprint density at radius 2 is 1.87 bits per heavy atom. The summed E-state index contributed by atoms with van der Waals surface area (Å²) < 4.78 is 20.2. The maximum absolute atomic E-state index is 13.0. The lowest BCUT2D eigenvalue weighted by Gasteiger charge is -2.10. The molecule has 0 fully saturated rings. The summed E-state index contributed by atoms with van der Waals surface area (Å²) in [6.45, 7) is 3.95. The highest BCUT2D eigenvalue weighted by molar-refractivity contribution is 5.81. The third-order valence-corrected chi connectivity index (χ3v) is 4.77. The van der Waals surface area contributed by atoms with Crippen molar-refractivity contribution in [3.63, 3.8) is 0 Å². The summed E-state index contributed by atoms with van der Waals surface area (Å²) in [4.78, 5) is 17.3. The van der Waals surface area contributed by atoms with Gasteiger partial charge in [-0.25, -0.2) is 4.39 Å². The zero-order valence-electron chi connectivity index (χ0n) is 16.6. The lowest BCUT2D eigenvalue weighted by atomic mass is 10.1. The van der Waals surface area contributed by atoms with Crippen LogP contribution in [0.25, 0.3) is 16.6 Å². The Morgan fingerprint density at radius 3 is 2.63 bits per heavy atom. The second-order valence-electron chi connectivity index (χ2n) is 6.95. The van der Waals surface area contributed by atoms with E-state index in [1.165, 1.54) is 18.2 Å². The zero-order valence-corrected chi connectivity index (χ0v) is 16.6. The van der Waals surface area contributed by atoms with E-state index < -0.39 is 0 Å². The van der Waals surface area contributed by atoms with Crippen LogP contribution in [0, 0.1) is 5.82 Å². The molecule has 0 saturated carbocycles. The van der Waals surface area contributed by atoms with Gasteiger partial charge in [0.15, 0.2) is 0 Å². The van der Waals surface area contributed by atoms with Crippen molar-refractivity contribution in [2.45, 2.75) is 20.1 Å². The second kappa shape index (κ2) is 8.88. The van der Waals surface area contributed by atoms with E-state index >= 15 is 0 Å². The summed E-state index contributed by atoms with van der Waals surface area (Å²) in [5, 5.41) is 4.23. The van der Waals surface area contributed by atoms with Gasteiger partial charge in [-0.15, -0.1) is 0 Å². The molecule has 1 N–H and O–H groups in total. The van der Waals surface area contributed by atoms with E-state index in [1.807, 2.05) is 30.3 Å². The molecule has 0 unspecified atom stereocenters. The van der Waals surface area contributed by atoms with E-state index in [-0.39, 0.29) is 18.0 Å². The number of nitrogens with zero attached hydrogens (tertiary/aromatic N) is 2. The predicted molar refractivity (Wildman–Crippen MR) is 115 cm³/mol. The SMILES string of the molecule is CCNCc1ccc2cc(-n3ccc(OCc4ccc(F)cc4)cc3=O)ccc2n1. The van der Waals surface area contributed by atoms with E-state index in [0.29, 0.717) is 5.75 Å². The van der Waals surface area contributed by atoms with Crippen molar-refractivity contribution >= 4 is 10.9 Å². The molecule has 0 bridgehead atoms. The molecule has 0 aliphatic carbocycles. The minimum atomic E-state index is -0.291. The lowest BCUT2D eigenvalue weighted by molar-refractivity contribution is 0.305. The highest BCUT2D eigenvalue weighted by atomic mass is 19.1. The fourth-order valence-electron chi connectivity index (χ4n) is 3.17. The van der Waals surface area contributed by atoms with E-state index in [4.69, 9.17) is 4.74 Å². The first-order valence-electron chi connectivity index (χ1n) is 9.83. The van der Waals surface area contributed by atoms with Gasteiger partial charge in [0.05, 0.1) is 11.2 Å². The van der Waals surface area contributed by atoms with Gasteiger partial charge in [0.25, 0.3) is 5.56 Å². The van der Waals surface area contributed by atoms with Gasteiger partial charge in [-0.05, 0) is 54.6 Å². The molecule has 0 amide bonds. The monoisotopic (exact) mass is 403 g/mol. The molecule has 152 valence electrons. The third kappa shape index (κ3) is 4.55. The molecular formula is C24H22FN3O2. The largest absolute Gasteiger partial charge is 0.489 e. The van der Waals surface area contributed by atoms with Gasteiger partial charge in [0, 0.05) is 29.9 Å². The van der Waals surface area contributed by atoms with E-state index in [2.05, 4.69) is 17.2 Å². The number of halogens is 1. The fraction of sp³-hybridized carbons (Fsp3) is 0.167. The molecule has 0 atom stereocenters. The molecule has 4 rings (SSSR count). The van der Waals surface area contributed by atoms with Crippen LogP contribution < -0.4 is 15.6 Å². The van der Waals surface area contributed by atoms with Crippen molar-refractivity contribution in [2.24, 2.45) is 0 Å². The highest BCUT2D eigenvalue weighted by Crippen LogP contribution is 2.18. The van der Waals surface area contributed by atoms with Crippen LogP contribution >= 0.6 is 0 Å². The van der Waals surface area contributed by atoms with Crippen LogP contribution in [-0.2, 0) is 13.2 Å². The Hall–Kier alpha value is -3.51. The van der Waals surface area contributed by atoms with Crippen LogP contribution in [0.1, 0.15) is 18.2 Å². The molecule has 5 nitrogen and oxygen atoms in total. The van der Waals surface area contributed by atoms with Crippen molar-refractivity contribution < 1.29 is 9.13 Å². The highest BCUT2D eigenvalue weighted by Gasteiger charge is 2.05. The molecule has 2 aromatic heterocycles. The quantitative estimate of drug-likeness (QED) is 0.502. The van der Waals surface area contributed by atoms with Crippen molar-refractivity contribution in [1.82, 2.24) is 14.9 Å². The molecule has 2 aromatic carbocycles. The second-order valence-corrected chi connectivity index (χ2v) is 6.95. The van der Waals surface area contributed by atoms with Crippen molar-refractivity contribution in [3.8, 4) is 11.4 Å². The van der Waals surface area contributed by atoms with Crippen molar-refractivity contribution in [1.29, 1.82) is 0 Å². The lowest BCUT2D eigenvalue weighted by Crippen LogP contribution is -2.16. The van der Waals surface area contributed by atoms with Gasteiger partial charge in [0.1, 0.15) is 18.2 Å². The maximum Gasteiger partial charge on any atom is 0.258 e. The minimum Gasteiger partial charge on any atom is -0.489 e. The topological polar surface area (TPSA) is 56.2 Å². The Labute approximate surface area is 173 Å². The Morgan fingerprint density at radius 1 is 1.03 bits per heavy atom. The van der Waals surface area contributed by atoms with Crippen LogP contribution in [0.15, 0.2) is 77.7 Å². The number of hydrogen-bond acceptors (Lipinski definition) is 4. The Bertz CT molecular complexity index is 1220. The average Bonchev–Trinajstić information content (AvgIpc) is 2.77. The molecule has 0 aliphatic heterocycles. The summed E-state index contributed by atoms with van der Waals surface area (Å²) in [5.74, 6) is 0.178. The van der Waals surface area contributed by atoms with Gasteiger partial charge >= 0.3 is 0 Å². The molecule has 2 heterocycles. The number of fused-ring (bicyclic) bond motifs is 1. The minimum absolute atomic E-state index is 0.192. The Balaban J connectivity index is 1.52. The zero-order chi connectivity index (χ0) is 20.9. The van der Waals surface area contributed by atoms with Crippen molar-refractivity contribution in [3.05, 3.63) is 100 Å². The smallest absolute Gasteiger partial charge is 0.258 e. The molecule has 30 heavy (non-hydrogen) atoms. The molecule has 0 radical (unpaired) electrons. The molecular weight excluding hydrogens is 381 g/mol. The van der Waals surface area contributed by atoms with E-state index in [0.717, 1.165) is 40.9 Å². The third-order valence-electron chi connectivity index (χ3n) is 4.77. The first-order valence-corrected chi connectivity index (χ1v) is 9.83. The first kappa shape index (κ1) is 19.8. The number of ether oxygens (including phenoxy) is 1. The standard InChI is InChI=1S/C24H22FN3O2/c1-2-26-15-20-8-5-18-13-21(9-10-23(18)27-20)28-12-11-22(14-24(28)29)30-16-17-3-6-19(25)7-4-17/h3-14,26H,2,15-16H2,1H3. The maximum atomic E-state index is 13.0. The van der Waals surface area contributed by atoms with Gasteiger partial charge in [0.2, 0.25) is 0 Å². The number of pyridine rings is 2. The number of benzene rings is 2. The molecule has 6 heteroatoms. The van der Waals surface area contributed by atoms with Crippen LogP contribution in [0.2, 0.25) is 0 Å². The summed E-state index contributed by atoms with van der Waals surface area (Å²) in [5.41, 5.74) is 3.27. The number of hydrogen-bond donors (Lipinski definition) is 1. The van der Waals surface area contributed by atoms with Gasteiger partial charge < -0.3 is 10.1 Å². The molecule has 0 aliphatic rings. The van der Waals surface area contributed by atoms with Gasteiger partial charge in [-0.1, -0.05) is 25.1 Å². The average molecular weight is 403 g/mol. The summed E-state index contributed by atoms with van der Waals surface area (Å²) in [6.07, 6.45) is 1.69. The molecule has 0 spiro atoms. The summed E-state index contributed by atoms with van der Waals surface area (Å²) >= 11 is 0. The first-order chi connectivity index (χ1) is 14.6. The Kier molecular flexibility index (Phi) is 5.86. The van der Waals surface area contributed by atoms with E-state index in [1.54, 1.807) is 29.0 Å². The number of rotatable bonds is 7. The van der Waals surface area contributed by atoms with Gasteiger partial charge in [-0.3, -0.25) is 14.3 Å². The summed E-state index contributed by atoms with van der Waals surface area (Å²) in [6, 6.07) is 19.0. The van der Waals surface area contributed by atoms with Crippen molar-refractivity contribution in [2.75, 3.05) is 6.54 Å². The van der Waals surface area contributed by atoms with Crippen LogP contribution in [-0.4, -0.2) is 16.1 Å². The van der Waals surface area contributed by atoms with Crippen LogP contribution in [0.4, 0.5) is 4.39 Å². The fourth-order valence-corrected chi connectivity index (χ4v) is 3.17. The predicted octanol–water partition coefficient (Wildman–Crippen LogP) is 4.21. The number of nitrogens with one attached hydrogen (secondary N) is 1. The van der Waals surface area contributed by atoms with E-state index in [9.17, 15) is 9.18 Å². The molecule has 4 aromatic rings. The normalized spacial score (nSPS) is 11.0. The van der Waals surface area contributed by atoms with Gasteiger partial charge in [-0.2, -0.15) is 0 Å². The summed E-state index contributed by atoms with van der Waals surface area (Å²) in [7, 11) is 0. The number of aromatic nitrogens is 2. The van der Waals surface area contributed by atoms with Crippen LogP contribution in [0.3, 0.4) is 0 Å². The van der Waals surface area contributed by atoms with Crippen LogP contribution in [0.5, 0.6) is 5.75 Å².